The maximum atomic E-state index is 13.0. The zero-order chi connectivity index (χ0) is 26.0. The first-order valence-electron chi connectivity index (χ1n) is 12.1. The van der Waals surface area contributed by atoms with Crippen molar-refractivity contribution in [3.63, 3.8) is 0 Å². The van der Waals surface area contributed by atoms with E-state index in [-0.39, 0.29) is 17.3 Å². The maximum Gasteiger partial charge on any atom is 0.255 e. The van der Waals surface area contributed by atoms with E-state index in [1.54, 1.807) is 18.4 Å². The van der Waals surface area contributed by atoms with E-state index in [1.807, 2.05) is 48.5 Å². The van der Waals surface area contributed by atoms with Crippen molar-refractivity contribution in [2.45, 2.75) is 11.4 Å². The Hall–Kier alpha value is -3.31. The normalized spacial score (nSPS) is 14.8. The van der Waals surface area contributed by atoms with Crippen LogP contribution in [0, 0.1) is 0 Å². The summed E-state index contributed by atoms with van der Waals surface area (Å²) in [5.74, 6) is -0.301. The van der Waals surface area contributed by atoms with Gasteiger partial charge in [0.15, 0.2) is 5.13 Å². The van der Waals surface area contributed by atoms with Gasteiger partial charge in [-0.15, -0.1) is 0 Å². The van der Waals surface area contributed by atoms with Gasteiger partial charge in [-0.1, -0.05) is 41.7 Å². The van der Waals surface area contributed by atoms with Crippen molar-refractivity contribution in [3.8, 4) is 0 Å². The number of fused-ring (bicyclic) bond motifs is 1. The number of anilines is 2. The smallest absolute Gasteiger partial charge is 0.255 e. The van der Waals surface area contributed by atoms with Crippen LogP contribution in [-0.4, -0.2) is 68.8 Å². The van der Waals surface area contributed by atoms with Crippen molar-refractivity contribution in [1.82, 2.24) is 14.2 Å². The Morgan fingerprint density at radius 1 is 1.00 bits per heavy atom. The van der Waals surface area contributed by atoms with Crippen molar-refractivity contribution in [2.75, 3.05) is 50.5 Å². The molecule has 1 aliphatic heterocycles. The van der Waals surface area contributed by atoms with E-state index >= 15 is 0 Å². The van der Waals surface area contributed by atoms with Gasteiger partial charge in [-0.3, -0.25) is 4.79 Å². The number of hydrogen-bond donors (Lipinski definition) is 1. The number of thiazole rings is 1. The first kappa shape index (κ1) is 25.3. The molecule has 1 amide bonds. The minimum atomic E-state index is -3.68. The van der Waals surface area contributed by atoms with Gasteiger partial charge in [-0.2, -0.15) is 4.31 Å². The Bertz CT molecular complexity index is 1500. The molecule has 37 heavy (non-hydrogen) atoms. The highest BCUT2D eigenvalue weighted by Crippen LogP contribution is 2.31. The second-order valence-electron chi connectivity index (χ2n) is 9.19. The number of likely N-dealkylation sites (N-methyl/N-ethyl adjacent to an activating group) is 1. The third-order valence-corrected chi connectivity index (χ3v) is 9.38. The summed E-state index contributed by atoms with van der Waals surface area (Å²) >= 11 is 1.62. The van der Waals surface area contributed by atoms with Gasteiger partial charge in [-0.05, 0) is 55.1 Å². The fourth-order valence-electron chi connectivity index (χ4n) is 4.21. The molecule has 0 bridgehead atoms. The Balaban J connectivity index is 1.26. The highest BCUT2D eigenvalue weighted by atomic mass is 32.2. The number of nitrogens with one attached hydrogen (secondary N) is 1. The van der Waals surface area contributed by atoms with Gasteiger partial charge in [0.1, 0.15) is 0 Å². The molecule has 8 nitrogen and oxygen atoms in total. The first-order chi connectivity index (χ1) is 17.8. The van der Waals surface area contributed by atoms with Crippen LogP contribution in [0.4, 0.5) is 10.8 Å². The second-order valence-corrected chi connectivity index (χ2v) is 12.2. The molecule has 1 aliphatic rings. The number of nitrogens with zero attached hydrogens (tertiary/aromatic N) is 4. The molecular formula is C27H29N5O3S2. The second kappa shape index (κ2) is 10.6. The van der Waals surface area contributed by atoms with Crippen LogP contribution in [0.1, 0.15) is 15.9 Å². The average Bonchev–Trinajstić information content (AvgIpc) is 3.33. The highest BCUT2D eigenvalue weighted by molar-refractivity contribution is 7.89. The maximum absolute atomic E-state index is 13.0. The summed E-state index contributed by atoms with van der Waals surface area (Å²) in [7, 11) is -0.00772. The fourth-order valence-corrected chi connectivity index (χ4v) is 6.43. The van der Waals surface area contributed by atoms with Gasteiger partial charge in [-0.25, -0.2) is 13.4 Å². The van der Waals surface area contributed by atoms with Gasteiger partial charge < -0.3 is 15.1 Å². The van der Waals surface area contributed by atoms with Gasteiger partial charge in [0.25, 0.3) is 5.91 Å². The van der Waals surface area contributed by atoms with Crippen molar-refractivity contribution >= 4 is 48.3 Å². The van der Waals surface area contributed by atoms with Crippen LogP contribution >= 0.6 is 11.3 Å². The quantitative estimate of drug-likeness (QED) is 0.383. The van der Waals surface area contributed by atoms with E-state index in [1.165, 1.54) is 28.6 Å². The Morgan fingerprint density at radius 2 is 1.70 bits per heavy atom. The Kier molecular flexibility index (Phi) is 7.25. The molecule has 1 fully saturated rings. The van der Waals surface area contributed by atoms with Gasteiger partial charge >= 0.3 is 0 Å². The number of carbonyl (C=O) groups is 1. The molecule has 0 unspecified atom stereocenters. The summed E-state index contributed by atoms with van der Waals surface area (Å²) in [5, 5.41) is 3.92. The van der Waals surface area contributed by atoms with E-state index < -0.39 is 10.0 Å². The van der Waals surface area contributed by atoms with E-state index in [9.17, 15) is 13.2 Å². The monoisotopic (exact) mass is 535 g/mol. The molecule has 0 saturated carbocycles. The number of rotatable bonds is 7. The molecule has 0 spiro atoms. The van der Waals surface area contributed by atoms with E-state index in [2.05, 4.69) is 22.2 Å². The van der Waals surface area contributed by atoms with Crippen LogP contribution in [0.5, 0.6) is 0 Å². The Labute approximate surface area is 221 Å². The largest absolute Gasteiger partial charge is 0.345 e. The standard InChI is InChI=1S/C27H29N5O3S2/c1-30-14-16-32(17-15-30)27-29-24-13-10-22(18-25(24)36-27)28-26(33)21-8-11-23(12-9-21)37(34,35)31(2)19-20-6-4-3-5-7-20/h3-13,18H,14-17,19H2,1-2H3,(H,28,33). The third kappa shape index (κ3) is 5.67. The minimum absolute atomic E-state index is 0.144. The molecule has 1 N–H and O–H groups in total. The third-order valence-electron chi connectivity index (χ3n) is 6.48. The number of hydrogen-bond acceptors (Lipinski definition) is 7. The molecule has 0 atom stereocenters. The number of sulfonamides is 1. The van der Waals surface area contributed by atoms with Crippen LogP contribution in [0.25, 0.3) is 10.2 Å². The lowest BCUT2D eigenvalue weighted by molar-refractivity contribution is 0.102. The summed E-state index contributed by atoms with van der Waals surface area (Å²) in [6.07, 6.45) is 0. The number of aromatic nitrogens is 1. The summed E-state index contributed by atoms with van der Waals surface area (Å²) in [5.41, 5.74) is 2.86. The van der Waals surface area contributed by atoms with E-state index in [0.29, 0.717) is 11.3 Å². The van der Waals surface area contributed by atoms with Crippen LogP contribution in [0.15, 0.2) is 77.7 Å². The van der Waals surface area contributed by atoms with E-state index in [4.69, 9.17) is 4.98 Å². The summed E-state index contributed by atoms with van der Waals surface area (Å²) < 4.78 is 28.3. The van der Waals surface area contributed by atoms with Crippen LogP contribution in [-0.2, 0) is 16.6 Å². The number of carbonyl (C=O) groups excluding carboxylic acids is 1. The van der Waals surface area contributed by atoms with Crippen LogP contribution in [0.3, 0.4) is 0 Å². The molecule has 0 aliphatic carbocycles. The van der Waals surface area contributed by atoms with E-state index in [0.717, 1.165) is 47.1 Å². The molecule has 5 rings (SSSR count). The number of amides is 1. The van der Waals surface area contributed by atoms with Crippen molar-refractivity contribution in [2.24, 2.45) is 0 Å². The topological polar surface area (TPSA) is 85.8 Å². The molecule has 0 radical (unpaired) electrons. The summed E-state index contributed by atoms with van der Waals surface area (Å²) in [6, 6.07) is 21.1. The van der Waals surface area contributed by atoms with Crippen LogP contribution in [0.2, 0.25) is 0 Å². The molecular weight excluding hydrogens is 506 g/mol. The molecule has 1 aromatic heterocycles. The van der Waals surface area contributed by atoms with Crippen molar-refractivity contribution < 1.29 is 13.2 Å². The molecule has 4 aromatic rings. The lowest BCUT2D eigenvalue weighted by Gasteiger charge is -2.31. The molecule has 3 aromatic carbocycles. The lowest BCUT2D eigenvalue weighted by Crippen LogP contribution is -2.44. The summed E-state index contributed by atoms with van der Waals surface area (Å²) in [6.45, 7) is 4.20. The molecule has 192 valence electrons. The van der Waals surface area contributed by atoms with Crippen molar-refractivity contribution in [1.29, 1.82) is 0 Å². The van der Waals surface area contributed by atoms with Gasteiger partial charge in [0.2, 0.25) is 10.0 Å². The number of piperazine rings is 1. The predicted octanol–water partition coefficient (Wildman–Crippen LogP) is 4.12. The van der Waals surface area contributed by atoms with Gasteiger partial charge in [0.05, 0.1) is 15.1 Å². The van der Waals surface area contributed by atoms with Crippen molar-refractivity contribution in [3.05, 3.63) is 83.9 Å². The lowest BCUT2D eigenvalue weighted by atomic mass is 10.2. The fraction of sp³-hybridized carbons (Fsp3) is 0.259. The predicted molar refractivity (Wildman–Crippen MR) is 149 cm³/mol. The first-order valence-corrected chi connectivity index (χ1v) is 14.3. The summed E-state index contributed by atoms with van der Waals surface area (Å²) in [4.78, 5) is 22.4. The zero-order valence-electron chi connectivity index (χ0n) is 20.8. The SMILES string of the molecule is CN1CCN(c2nc3ccc(NC(=O)c4ccc(S(=O)(=O)N(C)Cc5ccccc5)cc4)cc3s2)CC1. The number of benzene rings is 3. The highest BCUT2D eigenvalue weighted by Gasteiger charge is 2.22. The zero-order valence-corrected chi connectivity index (χ0v) is 22.4. The van der Waals surface area contributed by atoms with Crippen LogP contribution < -0.4 is 10.2 Å². The molecule has 1 saturated heterocycles. The minimum Gasteiger partial charge on any atom is -0.345 e. The Morgan fingerprint density at radius 3 is 2.41 bits per heavy atom. The molecule has 2 heterocycles. The van der Waals surface area contributed by atoms with Gasteiger partial charge in [0, 0.05) is 51.0 Å². The molecule has 10 heteroatoms. The average molecular weight is 536 g/mol.